The van der Waals surface area contributed by atoms with Gasteiger partial charge in [0.15, 0.2) is 0 Å². The fourth-order valence-corrected chi connectivity index (χ4v) is 3.99. The molecule has 28 heavy (non-hydrogen) atoms. The number of benzene rings is 1. The van der Waals surface area contributed by atoms with E-state index >= 15 is 0 Å². The summed E-state index contributed by atoms with van der Waals surface area (Å²) >= 11 is 0. The van der Waals surface area contributed by atoms with Gasteiger partial charge in [0.1, 0.15) is 0 Å². The standard InChI is InChI=1S/C21H27N5O2/c27-20(24-15-18-5-2-1-3-6-18)25-11-7-21(8-12-25)16-26(13-14-28-17-21)19-22-9-4-10-23-19/h1-6,9-10H,7-8,11-17H2,(H,24,27). The summed E-state index contributed by atoms with van der Waals surface area (Å²) in [5.41, 5.74) is 1.16. The Morgan fingerprint density at radius 2 is 1.82 bits per heavy atom. The molecule has 7 heteroatoms. The van der Waals surface area contributed by atoms with Gasteiger partial charge >= 0.3 is 6.03 Å². The monoisotopic (exact) mass is 381 g/mol. The summed E-state index contributed by atoms with van der Waals surface area (Å²) in [5, 5.41) is 3.03. The maximum Gasteiger partial charge on any atom is 0.317 e. The highest BCUT2D eigenvalue weighted by molar-refractivity contribution is 5.74. The molecular formula is C21H27N5O2. The number of ether oxygens (including phenoxy) is 1. The van der Waals surface area contributed by atoms with Crippen LogP contribution in [0, 0.1) is 5.41 Å². The Bertz CT molecular complexity index is 763. The Labute approximate surface area is 165 Å². The van der Waals surface area contributed by atoms with Gasteiger partial charge < -0.3 is 19.9 Å². The molecular weight excluding hydrogens is 354 g/mol. The SMILES string of the molecule is O=C(NCc1ccccc1)N1CCC2(CC1)COCCN(c1ncccn1)C2. The highest BCUT2D eigenvalue weighted by Crippen LogP contribution is 2.35. The molecule has 1 spiro atoms. The molecule has 2 saturated heterocycles. The lowest BCUT2D eigenvalue weighted by atomic mass is 9.78. The highest BCUT2D eigenvalue weighted by Gasteiger charge is 2.39. The summed E-state index contributed by atoms with van der Waals surface area (Å²) < 4.78 is 5.92. The van der Waals surface area contributed by atoms with Crippen LogP contribution in [0.1, 0.15) is 18.4 Å². The predicted molar refractivity (Wildman–Crippen MR) is 107 cm³/mol. The third-order valence-corrected chi connectivity index (χ3v) is 5.67. The van der Waals surface area contributed by atoms with E-state index in [4.69, 9.17) is 4.74 Å². The maximum absolute atomic E-state index is 12.5. The minimum atomic E-state index is 0.0106. The smallest absolute Gasteiger partial charge is 0.317 e. The van der Waals surface area contributed by atoms with Crippen molar-refractivity contribution in [2.24, 2.45) is 5.41 Å². The first-order chi connectivity index (χ1) is 13.7. The van der Waals surface area contributed by atoms with Gasteiger partial charge in [-0.05, 0) is 24.5 Å². The van der Waals surface area contributed by atoms with Crippen LogP contribution in [0.25, 0.3) is 0 Å². The molecule has 0 saturated carbocycles. The van der Waals surface area contributed by atoms with Gasteiger partial charge in [0.25, 0.3) is 0 Å². The number of nitrogens with zero attached hydrogens (tertiary/aromatic N) is 4. The summed E-state index contributed by atoms with van der Waals surface area (Å²) in [6.45, 7) is 5.13. The first-order valence-corrected chi connectivity index (χ1v) is 9.91. The van der Waals surface area contributed by atoms with Gasteiger partial charge in [-0.25, -0.2) is 14.8 Å². The largest absolute Gasteiger partial charge is 0.379 e. The van der Waals surface area contributed by atoms with Crippen molar-refractivity contribution in [1.82, 2.24) is 20.2 Å². The number of rotatable bonds is 3. The van der Waals surface area contributed by atoms with Crippen LogP contribution in [-0.4, -0.2) is 60.3 Å². The molecule has 7 nitrogen and oxygen atoms in total. The topological polar surface area (TPSA) is 70.6 Å². The molecule has 0 atom stereocenters. The van der Waals surface area contributed by atoms with Gasteiger partial charge in [-0.3, -0.25) is 0 Å². The minimum Gasteiger partial charge on any atom is -0.379 e. The Kier molecular flexibility index (Phi) is 5.71. The van der Waals surface area contributed by atoms with Gasteiger partial charge in [-0.15, -0.1) is 0 Å². The van der Waals surface area contributed by atoms with E-state index in [0.717, 1.165) is 57.1 Å². The van der Waals surface area contributed by atoms with Crippen molar-refractivity contribution in [3.05, 3.63) is 54.4 Å². The van der Waals surface area contributed by atoms with Crippen LogP contribution in [0.15, 0.2) is 48.8 Å². The van der Waals surface area contributed by atoms with Gasteiger partial charge in [-0.2, -0.15) is 0 Å². The number of hydrogen-bond acceptors (Lipinski definition) is 5. The fraction of sp³-hybridized carbons (Fsp3) is 0.476. The Balaban J connectivity index is 1.33. The number of amides is 2. The molecule has 148 valence electrons. The van der Waals surface area contributed by atoms with Gasteiger partial charge in [-0.1, -0.05) is 30.3 Å². The summed E-state index contributed by atoms with van der Waals surface area (Å²) in [6.07, 6.45) is 5.41. The van der Waals surface area contributed by atoms with E-state index in [1.165, 1.54) is 0 Å². The number of piperidine rings is 1. The van der Waals surface area contributed by atoms with Crippen molar-refractivity contribution in [2.45, 2.75) is 19.4 Å². The van der Waals surface area contributed by atoms with Crippen molar-refractivity contribution < 1.29 is 9.53 Å². The summed E-state index contributed by atoms with van der Waals surface area (Å²) in [6, 6.07) is 11.8. The van der Waals surface area contributed by atoms with E-state index in [1.807, 2.05) is 41.3 Å². The van der Waals surface area contributed by atoms with Crippen molar-refractivity contribution in [3.63, 3.8) is 0 Å². The molecule has 4 rings (SSSR count). The fourth-order valence-electron chi connectivity index (χ4n) is 3.99. The number of carbonyl (C=O) groups is 1. The first-order valence-electron chi connectivity index (χ1n) is 9.91. The Morgan fingerprint density at radius 3 is 2.57 bits per heavy atom. The van der Waals surface area contributed by atoms with Crippen LogP contribution >= 0.6 is 0 Å². The van der Waals surface area contributed by atoms with Crippen molar-refractivity contribution in [3.8, 4) is 0 Å². The number of anilines is 1. The Morgan fingerprint density at radius 1 is 1.07 bits per heavy atom. The molecule has 2 aliphatic heterocycles. The highest BCUT2D eigenvalue weighted by atomic mass is 16.5. The van der Waals surface area contributed by atoms with Crippen LogP contribution in [0.4, 0.5) is 10.7 Å². The number of urea groups is 1. The number of carbonyl (C=O) groups excluding carboxylic acids is 1. The summed E-state index contributed by atoms with van der Waals surface area (Å²) in [5.74, 6) is 0.760. The van der Waals surface area contributed by atoms with E-state index in [2.05, 4.69) is 20.2 Å². The quantitative estimate of drug-likeness (QED) is 0.883. The van der Waals surface area contributed by atoms with E-state index in [1.54, 1.807) is 12.4 Å². The van der Waals surface area contributed by atoms with Crippen LogP contribution < -0.4 is 10.2 Å². The third-order valence-electron chi connectivity index (χ3n) is 5.67. The van der Waals surface area contributed by atoms with E-state index in [0.29, 0.717) is 13.2 Å². The van der Waals surface area contributed by atoms with E-state index in [-0.39, 0.29) is 11.4 Å². The molecule has 0 bridgehead atoms. The molecule has 0 aliphatic carbocycles. The molecule has 1 aromatic carbocycles. The molecule has 3 heterocycles. The second kappa shape index (κ2) is 8.56. The van der Waals surface area contributed by atoms with Crippen molar-refractivity contribution in [1.29, 1.82) is 0 Å². The maximum atomic E-state index is 12.5. The zero-order chi connectivity index (χ0) is 19.2. The summed E-state index contributed by atoms with van der Waals surface area (Å²) in [4.78, 5) is 25.5. The average Bonchev–Trinajstić information content (AvgIpc) is 2.97. The number of hydrogen-bond donors (Lipinski definition) is 1. The molecule has 2 aromatic rings. The predicted octanol–water partition coefficient (Wildman–Crippen LogP) is 2.31. The van der Waals surface area contributed by atoms with Crippen LogP contribution in [0.2, 0.25) is 0 Å². The first kappa shape index (κ1) is 18.7. The lowest BCUT2D eigenvalue weighted by Gasteiger charge is -2.42. The normalized spacial score (nSPS) is 19.3. The van der Waals surface area contributed by atoms with E-state index < -0.39 is 0 Å². The lowest BCUT2D eigenvalue weighted by molar-refractivity contribution is 0.0299. The molecule has 1 N–H and O–H groups in total. The second-order valence-electron chi connectivity index (χ2n) is 7.65. The molecule has 0 radical (unpaired) electrons. The average molecular weight is 381 g/mol. The molecule has 2 amide bonds. The Hall–Kier alpha value is -2.67. The number of aromatic nitrogens is 2. The number of nitrogens with one attached hydrogen (secondary N) is 1. The lowest BCUT2D eigenvalue weighted by Crippen LogP contribution is -2.51. The van der Waals surface area contributed by atoms with Gasteiger partial charge in [0.2, 0.25) is 5.95 Å². The zero-order valence-corrected chi connectivity index (χ0v) is 16.1. The second-order valence-corrected chi connectivity index (χ2v) is 7.65. The van der Waals surface area contributed by atoms with Crippen LogP contribution in [-0.2, 0) is 11.3 Å². The zero-order valence-electron chi connectivity index (χ0n) is 16.1. The molecule has 2 fully saturated rings. The van der Waals surface area contributed by atoms with Crippen molar-refractivity contribution in [2.75, 3.05) is 44.3 Å². The van der Waals surface area contributed by atoms with E-state index in [9.17, 15) is 4.79 Å². The number of likely N-dealkylation sites (tertiary alicyclic amines) is 1. The van der Waals surface area contributed by atoms with Crippen molar-refractivity contribution >= 4 is 12.0 Å². The third kappa shape index (κ3) is 4.42. The summed E-state index contributed by atoms with van der Waals surface area (Å²) in [7, 11) is 0. The van der Waals surface area contributed by atoms with Crippen LogP contribution in [0.3, 0.4) is 0 Å². The van der Waals surface area contributed by atoms with Gasteiger partial charge in [0, 0.05) is 50.5 Å². The molecule has 1 aromatic heterocycles. The minimum absolute atomic E-state index is 0.0106. The van der Waals surface area contributed by atoms with Gasteiger partial charge in [0.05, 0.1) is 13.2 Å². The van der Waals surface area contributed by atoms with Crippen LogP contribution in [0.5, 0.6) is 0 Å². The molecule has 0 unspecified atom stereocenters. The molecule has 2 aliphatic rings.